The summed E-state index contributed by atoms with van der Waals surface area (Å²) in [5.74, 6) is 0.893. The predicted molar refractivity (Wildman–Crippen MR) is 122 cm³/mol. The summed E-state index contributed by atoms with van der Waals surface area (Å²) in [7, 11) is 1.72. The van der Waals surface area contributed by atoms with Crippen molar-refractivity contribution in [3.05, 3.63) is 90.2 Å². The summed E-state index contributed by atoms with van der Waals surface area (Å²) in [4.78, 5) is 4.83. The summed E-state index contributed by atoms with van der Waals surface area (Å²) in [6.45, 7) is 4.74. The van der Waals surface area contributed by atoms with Crippen LogP contribution in [0.4, 0.5) is 10.1 Å². The van der Waals surface area contributed by atoms with E-state index >= 15 is 0 Å². The zero-order valence-electron chi connectivity index (χ0n) is 17.9. The smallest absolute Gasteiger partial charge is 0.165 e. The molecule has 0 aliphatic carbocycles. The van der Waals surface area contributed by atoms with Gasteiger partial charge in [-0.3, -0.25) is 4.90 Å². The summed E-state index contributed by atoms with van der Waals surface area (Å²) in [6, 6.07) is 24.9. The molecular formula is C26H29FN2O2. The van der Waals surface area contributed by atoms with Crippen molar-refractivity contribution in [3.63, 3.8) is 0 Å². The third-order valence-electron chi connectivity index (χ3n) is 5.78. The number of ether oxygens (including phenoxy) is 2. The number of nitrogens with zero attached hydrogens (tertiary/aromatic N) is 2. The van der Waals surface area contributed by atoms with Crippen molar-refractivity contribution in [2.75, 3.05) is 44.7 Å². The van der Waals surface area contributed by atoms with Crippen LogP contribution in [0.1, 0.15) is 18.1 Å². The molecule has 1 aliphatic rings. The molecule has 1 saturated heterocycles. The van der Waals surface area contributed by atoms with Gasteiger partial charge in [0.1, 0.15) is 11.9 Å². The quantitative estimate of drug-likeness (QED) is 0.502. The number of benzene rings is 3. The Hall–Kier alpha value is -3.05. The SMILES string of the molecule is COc1ccccc1N1CCN(CCC(Oc2ccccc2F)c2ccccc2)CC1. The van der Waals surface area contributed by atoms with Gasteiger partial charge in [-0.15, -0.1) is 0 Å². The van der Waals surface area contributed by atoms with Crippen molar-refractivity contribution in [2.24, 2.45) is 0 Å². The van der Waals surface area contributed by atoms with E-state index < -0.39 is 0 Å². The lowest BCUT2D eigenvalue weighted by atomic mass is 10.1. The first-order chi connectivity index (χ1) is 15.2. The first-order valence-electron chi connectivity index (χ1n) is 10.8. The van der Waals surface area contributed by atoms with Gasteiger partial charge in [-0.1, -0.05) is 54.6 Å². The summed E-state index contributed by atoms with van der Waals surface area (Å²) in [6.07, 6.45) is 0.609. The van der Waals surface area contributed by atoms with Gasteiger partial charge in [-0.25, -0.2) is 4.39 Å². The molecule has 4 rings (SSSR count). The third-order valence-corrected chi connectivity index (χ3v) is 5.78. The fraction of sp³-hybridized carbons (Fsp3) is 0.308. The highest BCUT2D eigenvalue weighted by Crippen LogP contribution is 2.30. The first-order valence-corrected chi connectivity index (χ1v) is 10.8. The molecule has 0 bridgehead atoms. The molecule has 0 amide bonds. The van der Waals surface area contributed by atoms with Gasteiger partial charge in [-0.2, -0.15) is 0 Å². The number of halogens is 1. The Labute approximate surface area is 183 Å². The van der Waals surface area contributed by atoms with Crippen LogP contribution in [-0.4, -0.2) is 44.7 Å². The lowest BCUT2D eigenvalue weighted by Gasteiger charge is -2.37. The van der Waals surface area contributed by atoms with Crippen LogP contribution in [0.2, 0.25) is 0 Å². The summed E-state index contributed by atoms with van der Waals surface area (Å²) in [5.41, 5.74) is 2.22. The van der Waals surface area contributed by atoms with Gasteiger partial charge in [0.2, 0.25) is 0 Å². The molecule has 162 valence electrons. The average molecular weight is 421 g/mol. The van der Waals surface area contributed by atoms with Crippen molar-refractivity contribution in [1.29, 1.82) is 0 Å². The van der Waals surface area contributed by atoms with Gasteiger partial charge >= 0.3 is 0 Å². The van der Waals surface area contributed by atoms with E-state index in [-0.39, 0.29) is 11.9 Å². The number of methoxy groups -OCH3 is 1. The monoisotopic (exact) mass is 420 g/mol. The van der Waals surface area contributed by atoms with Crippen LogP contribution < -0.4 is 14.4 Å². The van der Waals surface area contributed by atoms with Crippen molar-refractivity contribution in [1.82, 2.24) is 4.90 Å². The molecule has 1 atom stereocenters. The zero-order valence-corrected chi connectivity index (χ0v) is 17.9. The van der Waals surface area contributed by atoms with Crippen LogP contribution in [-0.2, 0) is 0 Å². The van der Waals surface area contributed by atoms with Gasteiger partial charge in [0.05, 0.1) is 12.8 Å². The summed E-state index contributed by atoms with van der Waals surface area (Å²) >= 11 is 0. The van der Waals surface area contributed by atoms with E-state index in [1.807, 2.05) is 42.5 Å². The Morgan fingerprint density at radius 3 is 2.16 bits per heavy atom. The highest BCUT2D eigenvalue weighted by Gasteiger charge is 2.22. The second kappa shape index (κ2) is 10.3. The first kappa shape index (κ1) is 21.2. The van der Waals surface area contributed by atoms with Gasteiger partial charge in [-0.05, 0) is 29.8 Å². The molecule has 1 unspecified atom stereocenters. The number of hydrogen-bond donors (Lipinski definition) is 0. The van der Waals surface area contributed by atoms with E-state index in [1.54, 1.807) is 25.3 Å². The molecule has 5 heteroatoms. The summed E-state index contributed by atoms with van der Waals surface area (Å²) < 4.78 is 25.8. The molecule has 0 spiro atoms. The highest BCUT2D eigenvalue weighted by atomic mass is 19.1. The molecule has 0 N–H and O–H groups in total. The highest BCUT2D eigenvalue weighted by molar-refractivity contribution is 5.58. The molecular weight excluding hydrogens is 391 g/mol. The number of rotatable bonds is 8. The summed E-state index contributed by atoms with van der Waals surface area (Å²) in [5, 5.41) is 0. The minimum atomic E-state index is -0.325. The molecule has 0 saturated carbocycles. The van der Waals surface area contributed by atoms with Crippen molar-refractivity contribution >= 4 is 5.69 Å². The van der Waals surface area contributed by atoms with Gasteiger partial charge in [0, 0.05) is 39.1 Å². The normalized spacial score (nSPS) is 15.5. The lowest BCUT2D eigenvalue weighted by molar-refractivity contribution is 0.155. The molecule has 0 radical (unpaired) electrons. The van der Waals surface area contributed by atoms with Crippen LogP contribution in [0.25, 0.3) is 0 Å². The van der Waals surface area contributed by atoms with Crippen molar-refractivity contribution in [3.8, 4) is 11.5 Å². The van der Waals surface area contributed by atoms with E-state index in [0.29, 0.717) is 5.75 Å². The second-order valence-corrected chi connectivity index (χ2v) is 7.74. The average Bonchev–Trinajstić information content (AvgIpc) is 2.84. The number of anilines is 1. The fourth-order valence-corrected chi connectivity index (χ4v) is 4.06. The fourth-order valence-electron chi connectivity index (χ4n) is 4.06. The van der Waals surface area contributed by atoms with E-state index in [9.17, 15) is 4.39 Å². The lowest BCUT2D eigenvalue weighted by Crippen LogP contribution is -2.47. The van der Waals surface area contributed by atoms with Crippen LogP contribution >= 0.6 is 0 Å². The van der Waals surface area contributed by atoms with Gasteiger partial charge < -0.3 is 14.4 Å². The van der Waals surface area contributed by atoms with E-state index in [2.05, 4.69) is 21.9 Å². The minimum Gasteiger partial charge on any atom is -0.495 e. The molecule has 1 heterocycles. The molecule has 3 aromatic rings. The molecule has 4 nitrogen and oxygen atoms in total. The third kappa shape index (κ3) is 5.36. The molecule has 3 aromatic carbocycles. The van der Waals surface area contributed by atoms with Gasteiger partial charge in [0.25, 0.3) is 0 Å². The molecule has 0 aromatic heterocycles. The maximum atomic E-state index is 14.2. The Kier molecular flexibility index (Phi) is 7.05. The number of piperazine rings is 1. The Morgan fingerprint density at radius 2 is 1.45 bits per heavy atom. The Balaban J connectivity index is 1.37. The molecule has 31 heavy (non-hydrogen) atoms. The van der Waals surface area contributed by atoms with Crippen molar-refractivity contribution in [2.45, 2.75) is 12.5 Å². The number of hydrogen-bond acceptors (Lipinski definition) is 4. The largest absolute Gasteiger partial charge is 0.495 e. The standard InChI is InChI=1S/C26H29FN2O2/c1-30-26-14-8-6-12-23(26)29-19-17-28(18-20-29)16-15-24(21-9-3-2-4-10-21)31-25-13-7-5-11-22(25)27/h2-14,24H,15-20H2,1H3. The topological polar surface area (TPSA) is 24.9 Å². The molecule has 1 aliphatic heterocycles. The van der Waals surface area contributed by atoms with Crippen LogP contribution in [0.5, 0.6) is 11.5 Å². The van der Waals surface area contributed by atoms with Gasteiger partial charge in [0.15, 0.2) is 11.6 Å². The maximum absolute atomic E-state index is 14.2. The minimum absolute atomic E-state index is 0.189. The van der Waals surface area contributed by atoms with Crippen LogP contribution in [0.3, 0.4) is 0 Å². The maximum Gasteiger partial charge on any atom is 0.165 e. The predicted octanol–water partition coefficient (Wildman–Crippen LogP) is 5.17. The Bertz CT molecular complexity index is 958. The van der Waals surface area contributed by atoms with Crippen LogP contribution in [0.15, 0.2) is 78.9 Å². The van der Waals surface area contributed by atoms with E-state index in [4.69, 9.17) is 9.47 Å². The van der Waals surface area contributed by atoms with E-state index in [1.165, 1.54) is 6.07 Å². The van der Waals surface area contributed by atoms with Crippen LogP contribution in [0, 0.1) is 5.82 Å². The molecule has 1 fully saturated rings. The Morgan fingerprint density at radius 1 is 0.806 bits per heavy atom. The second-order valence-electron chi connectivity index (χ2n) is 7.74. The van der Waals surface area contributed by atoms with Crippen molar-refractivity contribution < 1.29 is 13.9 Å². The number of para-hydroxylation sites is 3. The van der Waals surface area contributed by atoms with E-state index in [0.717, 1.165) is 56.1 Å². The zero-order chi connectivity index (χ0) is 21.5.